The zero-order valence-electron chi connectivity index (χ0n) is 11.0. The number of fused-ring (bicyclic) bond motifs is 1. The number of nitrogens with one attached hydrogen (secondary N) is 1. The largest absolute Gasteiger partial charge is 0.465 e. The summed E-state index contributed by atoms with van der Waals surface area (Å²) in [6.45, 7) is 2.90. The second kappa shape index (κ2) is 6.07. The van der Waals surface area contributed by atoms with Gasteiger partial charge in [0.1, 0.15) is 6.54 Å². The first-order chi connectivity index (χ1) is 8.72. The minimum Gasteiger partial charge on any atom is -0.465 e. The Morgan fingerprint density at radius 2 is 2.06 bits per heavy atom. The normalized spacial score (nSPS) is 26.6. The van der Waals surface area contributed by atoms with Gasteiger partial charge in [0.25, 0.3) is 0 Å². The molecule has 1 saturated carbocycles. The molecule has 5 nitrogen and oxygen atoms in total. The van der Waals surface area contributed by atoms with Gasteiger partial charge in [-0.3, -0.25) is 4.79 Å². The summed E-state index contributed by atoms with van der Waals surface area (Å²) in [5.74, 6) is 0.303. The van der Waals surface area contributed by atoms with Crippen molar-refractivity contribution in [3.63, 3.8) is 0 Å². The Kier molecular flexibility index (Phi) is 4.44. The molecular formula is C13H22N2O3. The number of urea groups is 1. The van der Waals surface area contributed by atoms with Crippen LogP contribution in [0.25, 0.3) is 0 Å². The standard InChI is InChI=1S/C13H22N2O3/c1-2-18-12(16)9-14-13(17)15-8-7-10-5-3-4-6-11(10)15/h10-11H,2-9H2,1H3,(H,14,17). The molecule has 2 fully saturated rings. The Hall–Kier alpha value is -1.26. The number of rotatable bonds is 3. The quantitative estimate of drug-likeness (QED) is 0.777. The van der Waals surface area contributed by atoms with Gasteiger partial charge >= 0.3 is 12.0 Å². The van der Waals surface area contributed by atoms with Crippen molar-refractivity contribution < 1.29 is 14.3 Å². The fourth-order valence-corrected chi connectivity index (χ4v) is 3.12. The predicted octanol–water partition coefficient (Wildman–Crippen LogP) is 1.52. The van der Waals surface area contributed by atoms with E-state index in [0.29, 0.717) is 18.6 Å². The molecule has 0 bridgehead atoms. The molecule has 2 atom stereocenters. The number of amides is 2. The van der Waals surface area contributed by atoms with E-state index in [1.807, 2.05) is 4.90 Å². The average molecular weight is 254 g/mol. The molecule has 1 aliphatic heterocycles. The fraction of sp³-hybridized carbons (Fsp3) is 0.846. The van der Waals surface area contributed by atoms with E-state index >= 15 is 0 Å². The van der Waals surface area contributed by atoms with Gasteiger partial charge in [-0.15, -0.1) is 0 Å². The second-order valence-electron chi connectivity index (χ2n) is 5.06. The zero-order chi connectivity index (χ0) is 13.0. The summed E-state index contributed by atoms with van der Waals surface area (Å²) in [6.07, 6.45) is 5.96. The molecule has 102 valence electrons. The summed E-state index contributed by atoms with van der Waals surface area (Å²) in [5, 5.41) is 2.65. The van der Waals surface area contributed by atoms with Crippen LogP contribution < -0.4 is 5.32 Å². The first kappa shape index (κ1) is 13.2. The average Bonchev–Trinajstić information content (AvgIpc) is 2.80. The van der Waals surface area contributed by atoms with Gasteiger partial charge in [-0.2, -0.15) is 0 Å². The monoisotopic (exact) mass is 254 g/mol. The SMILES string of the molecule is CCOC(=O)CNC(=O)N1CCC2CCCCC21. The van der Waals surface area contributed by atoms with Crippen LogP contribution in [0.3, 0.4) is 0 Å². The van der Waals surface area contributed by atoms with Crippen molar-refractivity contribution in [2.75, 3.05) is 19.7 Å². The third-order valence-corrected chi connectivity index (χ3v) is 3.96. The van der Waals surface area contributed by atoms with E-state index in [1.54, 1.807) is 6.92 Å². The van der Waals surface area contributed by atoms with Crippen molar-refractivity contribution in [1.29, 1.82) is 0 Å². The Balaban J connectivity index is 1.80. The number of ether oxygens (including phenoxy) is 1. The number of nitrogens with zero attached hydrogens (tertiary/aromatic N) is 1. The molecule has 1 N–H and O–H groups in total. The van der Waals surface area contributed by atoms with Crippen molar-refractivity contribution in [3.05, 3.63) is 0 Å². The van der Waals surface area contributed by atoms with Gasteiger partial charge in [0.2, 0.25) is 0 Å². The summed E-state index contributed by atoms with van der Waals surface area (Å²) in [4.78, 5) is 25.1. The summed E-state index contributed by atoms with van der Waals surface area (Å²) in [5.41, 5.74) is 0. The minimum atomic E-state index is -0.370. The third-order valence-electron chi connectivity index (χ3n) is 3.96. The molecule has 2 rings (SSSR count). The fourth-order valence-electron chi connectivity index (χ4n) is 3.12. The number of carbonyl (C=O) groups is 2. The maximum Gasteiger partial charge on any atom is 0.325 e. The highest BCUT2D eigenvalue weighted by atomic mass is 16.5. The Morgan fingerprint density at radius 3 is 2.83 bits per heavy atom. The van der Waals surface area contributed by atoms with Crippen LogP contribution in [0, 0.1) is 5.92 Å². The minimum absolute atomic E-state index is 0.0272. The van der Waals surface area contributed by atoms with E-state index in [2.05, 4.69) is 5.32 Å². The van der Waals surface area contributed by atoms with E-state index in [0.717, 1.165) is 19.4 Å². The van der Waals surface area contributed by atoms with E-state index < -0.39 is 0 Å². The lowest BCUT2D eigenvalue weighted by Gasteiger charge is -2.31. The first-order valence-corrected chi connectivity index (χ1v) is 6.92. The van der Waals surface area contributed by atoms with E-state index in [-0.39, 0.29) is 18.5 Å². The zero-order valence-corrected chi connectivity index (χ0v) is 11.0. The Bertz CT molecular complexity index is 319. The van der Waals surface area contributed by atoms with Crippen LogP contribution in [0.1, 0.15) is 39.0 Å². The van der Waals surface area contributed by atoms with Gasteiger partial charge in [-0.1, -0.05) is 12.8 Å². The predicted molar refractivity (Wildman–Crippen MR) is 67.1 cm³/mol. The van der Waals surface area contributed by atoms with E-state index in [9.17, 15) is 9.59 Å². The summed E-state index contributed by atoms with van der Waals surface area (Å²) in [6, 6.07) is 0.276. The number of esters is 1. The highest BCUT2D eigenvalue weighted by Gasteiger charge is 2.38. The van der Waals surface area contributed by atoms with Crippen molar-refractivity contribution in [2.45, 2.75) is 45.1 Å². The number of hydrogen-bond donors (Lipinski definition) is 1. The molecule has 1 aliphatic carbocycles. The van der Waals surface area contributed by atoms with Gasteiger partial charge in [0.15, 0.2) is 0 Å². The molecule has 18 heavy (non-hydrogen) atoms. The molecule has 2 aliphatic rings. The lowest BCUT2D eigenvalue weighted by atomic mass is 9.85. The Labute approximate surface area is 108 Å². The molecule has 0 aromatic carbocycles. The van der Waals surface area contributed by atoms with Crippen molar-refractivity contribution in [2.24, 2.45) is 5.92 Å². The molecule has 2 amide bonds. The number of hydrogen-bond acceptors (Lipinski definition) is 3. The van der Waals surface area contributed by atoms with Gasteiger partial charge in [-0.25, -0.2) is 4.79 Å². The molecule has 1 saturated heterocycles. The second-order valence-corrected chi connectivity index (χ2v) is 5.06. The Morgan fingerprint density at radius 1 is 1.28 bits per heavy atom. The van der Waals surface area contributed by atoms with Crippen molar-refractivity contribution >= 4 is 12.0 Å². The van der Waals surface area contributed by atoms with E-state index in [1.165, 1.54) is 19.3 Å². The lowest BCUT2D eigenvalue weighted by Crippen LogP contribution is -2.46. The van der Waals surface area contributed by atoms with Gasteiger partial charge in [0.05, 0.1) is 6.61 Å². The molecule has 5 heteroatoms. The number of likely N-dealkylation sites (tertiary alicyclic amines) is 1. The highest BCUT2D eigenvalue weighted by molar-refractivity contribution is 5.81. The molecule has 2 unspecified atom stereocenters. The lowest BCUT2D eigenvalue weighted by molar-refractivity contribution is -0.141. The van der Waals surface area contributed by atoms with Crippen LogP contribution in [-0.2, 0) is 9.53 Å². The van der Waals surface area contributed by atoms with E-state index in [4.69, 9.17) is 4.74 Å². The third kappa shape index (κ3) is 2.94. The molecule has 0 aromatic rings. The van der Waals surface area contributed by atoms with Gasteiger partial charge in [0, 0.05) is 12.6 Å². The number of carbonyl (C=O) groups excluding carboxylic acids is 2. The maximum atomic E-state index is 12.0. The first-order valence-electron chi connectivity index (χ1n) is 6.92. The molecule has 0 spiro atoms. The topological polar surface area (TPSA) is 58.6 Å². The summed E-state index contributed by atoms with van der Waals surface area (Å²) < 4.78 is 4.79. The van der Waals surface area contributed by atoms with Crippen LogP contribution in [0.5, 0.6) is 0 Å². The van der Waals surface area contributed by atoms with Crippen molar-refractivity contribution in [1.82, 2.24) is 10.2 Å². The molecule has 1 heterocycles. The van der Waals surface area contributed by atoms with Crippen LogP contribution in [0.2, 0.25) is 0 Å². The van der Waals surface area contributed by atoms with Crippen LogP contribution >= 0.6 is 0 Å². The van der Waals surface area contributed by atoms with Crippen molar-refractivity contribution in [3.8, 4) is 0 Å². The maximum absolute atomic E-state index is 12.0. The van der Waals surface area contributed by atoms with Gasteiger partial charge in [-0.05, 0) is 32.1 Å². The molecule has 0 aromatic heterocycles. The highest BCUT2D eigenvalue weighted by Crippen LogP contribution is 2.35. The van der Waals surface area contributed by atoms with Crippen LogP contribution in [0.15, 0.2) is 0 Å². The smallest absolute Gasteiger partial charge is 0.325 e. The molecule has 0 radical (unpaired) electrons. The van der Waals surface area contributed by atoms with Gasteiger partial charge < -0.3 is 15.0 Å². The van der Waals surface area contributed by atoms with Crippen LogP contribution in [0.4, 0.5) is 4.79 Å². The molecular weight excluding hydrogens is 232 g/mol. The van der Waals surface area contributed by atoms with Crippen LogP contribution in [-0.4, -0.2) is 42.6 Å². The summed E-state index contributed by atoms with van der Waals surface area (Å²) >= 11 is 0. The summed E-state index contributed by atoms with van der Waals surface area (Å²) in [7, 11) is 0.